The molecule has 0 bridgehead atoms. The molecule has 0 aliphatic carbocycles. The molecule has 88 valence electrons. The van der Waals surface area contributed by atoms with Crippen LogP contribution in [0.1, 0.15) is 40.0 Å². The van der Waals surface area contributed by atoms with E-state index in [4.69, 9.17) is 0 Å². The topological polar surface area (TPSA) is 41.1 Å². The van der Waals surface area contributed by atoms with Gasteiger partial charge < -0.3 is 10.6 Å². The highest BCUT2D eigenvalue weighted by atomic mass is 16.2. The van der Waals surface area contributed by atoms with Crippen LogP contribution in [-0.4, -0.2) is 25.5 Å². The lowest BCUT2D eigenvalue weighted by Crippen LogP contribution is -2.48. The van der Waals surface area contributed by atoms with Gasteiger partial charge in [0, 0.05) is 13.1 Å². The molecule has 0 aromatic rings. The number of carbonyl (C=O) groups is 1. The molecule has 0 aromatic heterocycles. The standard InChI is InChI=1S/C12H24N2O/c1-10(2)5-8-14-11(15)12(3)6-4-7-13-9-12/h10,13H,4-9H2,1-3H3,(H,14,15). The van der Waals surface area contributed by atoms with E-state index in [9.17, 15) is 4.79 Å². The molecule has 3 heteroatoms. The van der Waals surface area contributed by atoms with E-state index in [0.717, 1.165) is 38.9 Å². The Kier molecular flexibility index (Phi) is 4.58. The molecule has 1 saturated heterocycles. The molecule has 1 atom stereocenters. The molecule has 1 aliphatic rings. The summed E-state index contributed by atoms with van der Waals surface area (Å²) < 4.78 is 0. The van der Waals surface area contributed by atoms with Crippen molar-refractivity contribution in [2.24, 2.45) is 11.3 Å². The highest BCUT2D eigenvalue weighted by molar-refractivity contribution is 5.82. The van der Waals surface area contributed by atoms with E-state index >= 15 is 0 Å². The minimum Gasteiger partial charge on any atom is -0.356 e. The second kappa shape index (κ2) is 5.50. The Bertz CT molecular complexity index is 208. The molecular weight excluding hydrogens is 188 g/mol. The van der Waals surface area contributed by atoms with Crippen molar-refractivity contribution in [2.75, 3.05) is 19.6 Å². The SMILES string of the molecule is CC(C)CCNC(=O)C1(C)CCCNC1. The van der Waals surface area contributed by atoms with E-state index in [1.165, 1.54) is 0 Å². The molecule has 1 aliphatic heterocycles. The normalized spacial score (nSPS) is 26.7. The van der Waals surface area contributed by atoms with Crippen molar-refractivity contribution in [1.82, 2.24) is 10.6 Å². The number of piperidine rings is 1. The number of hydrogen-bond acceptors (Lipinski definition) is 2. The van der Waals surface area contributed by atoms with Crippen molar-refractivity contribution >= 4 is 5.91 Å². The Hall–Kier alpha value is -0.570. The Morgan fingerprint density at radius 3 is 2.80 bits per heavy atom. The van der Waals surface area contributed by atoms with Crippen LogP contribution in [0.2, 0.25) is 0 Å². The fraction of sp³-hybridized carbons (Fsp3) is 0.917. The lowest BCUT2D eigenvalue weighted by molar-refractivity contribution is -0.131. The van der Waals surface area contributed by atoms with Gasteiger partial charge in [-0.3, -0.25) is 4.79 Å². The smallest absolute Gasteiger partial charge is 0.227 e. The zero-order valence-corrected chi connectivity index (χ0v) is 10.2. The van der Waals surface area contributed by atoms with Gasteiger partial charge in [0.05, 0.1) is 5.41 Å². The first-order valence-electron chi connectivity index (χ1n) is 6.03. The molecular formula is C12H24N2O. The third kappa shape index (κ3) is 3.82. The zero-order valence-electron chi connectivity index (χ0n) is 10.2. The molecule has 0 aromatic carbocycles. The molecule has 2 N–H and O–H groups in total. The molecule has 15 heavy (non-hydrogen) atoms. The largest absolute Gasteiger partial charge is 0.356 e. The van der Waals surface area contributed by atoms with Gasteiger partial charge in [-0.1, -0.05) is 13.8 Å². The van der Waals surface area contributed by atoms with Crippen molar-refractivity contribution in [3.05, 3.63) is 0 Å². The Labute approximate surface area is 93.0 Å². The van der Waals surface area contributed by atoms with Crippen molar-refractivity contribution in [1.29, 1.82) is 0 Å². The molecule has 1 heterocycles. The van der Waals surface area contributed by atoms with Gasteiger partial charge in [0.2, 0.25) is 5.91 Å². The summed E-state index contributed by atoms with van der Waals surface area (Å²) in [5, 5.41) is 6.34. The van der Waals surface area contributed by atoms with E-state index < -0.39 is 0 Å². The van der Waals surface area contributed by atoms with Crippen LogP contribution in [0, 0.1) is 11.3 Å². The van der Waals surface area contributed by atoms with Gasteiger partial charge in [0.15, 0.2) is 0 Å². The van der Waals surface area contributed by atoms with Crippen molar-refractivity contribution < 1.29 is 4.79 Å². The maximum atomic E-state index is 12.0. The summed E-state index contributed by atoms with van der Waals surface area (Å²) in [7, 11) is 0. The molecule has 0 radical (unpaired) electrons. The van der Waals surface area contributed by atoms with Crippen LogP contribution >= 0.6 is 0 Å². The van der Waals surface area contributed by atoms with Gasteiger partial charge in [-0.2, -0.15) is 0 Å². The average Bonchev–Trinajstić information content (AvgIpc) is 2.18. The Balaban J connectivity index is 2.31. The predicted molar refractivity (Wildman–Crippen MR) is 62.7 cm³/mol. The number of nitrogens with one attached hydrogen (secondary N) is 2. The van der Waals surface area contributed by atoms with E-state index in [1.807, 2.05) is 0 Å². The second-order valence-corrected chi connectivity index (χ2v) is 5.28. The molecule has 1 unspecified atom stereocenters. The summed E-state index contributed by atoms with van der Waals surface area (Å²) in [6.45, 7) is 9.09. The van der Waals surface area contributed by atoms with E-state index in [1.54, 1.807) is 0 Å². The summed E-state index contributed by atoms with van der Waals surface area (Å²) in [6, 6.07) is 0. The monoisotopic (exact) mass is 212 g/mol. The van der Waals surface area contributed by atoms with Gasteiger partial charge in [-0.25, -0.2) is 0 Å². The van der Waals surface area contributed by atoms with Crippen LogP contribution in [-0.2, 0) is 4.79 Å². The van der Waals surface area contributed by atoms with Gasteiger partial charge in [-0.05, 0) is 38.6 Å². The fourth-order valence-electron chi connectivity index (χ4n) is 1.94. The van der Waals surface area contributed by atoms with Crippen LogP contribution in [0.25, 0.3) is 0 Å². The molecule has 0 spiro atoms. The molecule has 1 rings (SSSR count). The molecule has 1 amide bonds. The zero-order chi connectivity index (χ0) is 11.3. The maximum Gasteiger partial charge on any atom is 0.227 e. The van der Waals surface area contributed by atoms with Gasteiger partial charge in [0.25, 0.3) is 0 Å². The minimum atomic E-state index is -0.185. The van der Waals surface area contributed by atoms with Gasteiger partial charge in [0.1, 0.15) is 0 Å². The van der Waals surface area contributed by atoms with Crippen molar-refractivity contribution in [3.8, 4) is 0 Å². The van der Waals surface area contributed by atoms with Crippen molar-refractivity contribution in [3.63, 3.8) is 0 Å². The third-order valence-electron chi connectivity index (χ3n) is 3.15. The average molecular weight is 212 g/mol. The molecule has 1 fully saturated rings. The Morgan fingerprint density at radius 2 is 2.27 bits per heavy atom. The molecule has 3 nitrogen and oxygen atoms in total. The minimum absolute atomic E-state index is 0.185. The number of hydrogen-bond donors (Lipinski definition) is 2. The predicted octanol–water partition coefficient (Wildman–Crippen LogP) is 1.54. The summed E-state index contributed by atoms with van der Waals surface area (Å²) in [6.07, 6.45) is 3.18. The summed E-state index contributed by atoms with van der Waals surface area (Å²) in [5.41, 5.74) is -0.185. The first-order valence-corrected chi connectivity index (χ1v) is 6.03. The Morgan fingerprint density at radius 1 is 1.53 bits per heavy atom. The quantitative estimate of drug-likeness (QED) is 0.742. The van der Waals surface area contributed by atoms with Crippen LogP contribution < -0.4 is 10.6 Å². The lowest BCUT2D eigenvalue weighted by Gasteiger charge is -2.32. The summed E-state index contributed by atoms with van der Waals surface area (Å²) in [5.74, 6) is 0.873. The summed E-state index contributed by atoms with van der Waals surface area (Å²) in [4.78, 5) is 12.0. The number of carbonyl (C=O) groups excluding carboxylic acids is 1. The second-order valence-electron chi connectivity index (χ2n) is 5.28. The van der Waals surface area contributed by atoms with Crippen LogP contribution in [0.4, 0.5) is 0 Å². The van der Waals surface area contributed by atoms with Crippen LogP contribution in [0.3, 0.4) is 0 Å². The van der Waals surface area contributed by atoms with Crippen LogP contribution in [0.15, 0.2) is 0 Å². The van der Waals surface area contributed by atoms with Gasteiger partial charge >= 0.3 is 0 Å². The number of rotatable bonds is 4. The highest BCUT2D eigenvalue weighted by Crippen LogP contribution is 2.25. The van der Waals surface area contributed by atoms with Crippen LogP contribution in [0.5, 0.6) is 0 Å². The fourth-order valence-corrected chi connectivity index (χ4v) is 1.94. The van der Waals surface area contributed by atoms with Crippen molar-refractivity contribution in [2.45, 2.75) is 40.0 Å². The third-order valence-corrected chi connectivity index (χ3v) is 3.15. The first-order chi connectivity index (χ1) is 7.04. The van der Waals surface area contributed by atoms with E-state index in [0.29, 0.717) is 5.92 Å². The molecule has 0 saturated carbocycles. The van der Waals surface area contributed by atoms with Gasteiger partial charge in [-0.15, -0.1) is 0 Å². The van der Waals surface area contributed by atoms with E-state index in [-0.39, 0.29) is 11.3 Å². The maximum absolute atomic E-state index is 12.0. The summed E-state index contributed by atoms with van der Waals surface area (Å²) >= 11 is 0. The highest BCUT2D eigenvalue weighted by Gasteiger charge is 2.34. The number of amides is 1. The first kappa shape index (κ1) is 12.5. The van der Waals surface area contributed by atoms with E-state index in [2.05, 4.69) is 31.4 Å². The lowest BCUT2D eigenvalue weighted by atomic mass is 9.82.